The summed E-state index contributed by atoms with van der Waals surface area (Å²) in [6, 6.07) is 19.2. The van der Waals surface area contributed by atoms with E-state index in [4.69, 9.17) is 0 Å². The number of amides is 1. The number of nitrogens with zero attached hydrogens (tertiary/aromatic N) is 1. The summed E-state index contributed by atoms with van der Waals surface area (Å²) in [4.78, 5) is 26.2. The van der Waals surface area contributed by atoms with Gasteiger partial charge in [0.25, 0.3) is 21.6 Å². The Morgan fingerprint density at radius 3 is 2.34 bits per heavy atom. The highest BCUT2D eigenvalue weighted by Gasteiger charge is 2.23. The molecule has 0 bridgehead atoms. The van der Waals surface area contributed by atoms with Crippen LogP contribution in [0.15, 0.2) is 77.7 Å². The molecule has 10 heteroatoms. The third-order valence-corrected chi connectivity index (χ3v) is 6.17. The van der Waals surface area contributed by atoms with Gasteiger partial charge in [-0.2, -0.15) is 0 Å². The Hall–Kier alpha value is -4.18. The first kappa shape index (κ1) is 21.1. The van der Waals surface area contributed by atoms with Gasteiger partial charge in [0.1, 0.15) is 11.2 Å². The monoisotopic (exact) mass is 450 g/mol. The van der Waals surface area contributed by atoms with Gasteiger partial charge in [0.05, 0.1) is 9.82 Å². The molecule has 1 heterocycles. The lowest BCUT2D eigenvalue weighted by atomic mass is 10.1. The maximum absolute atomic E-state index is 12.7. The van der Waals surface area contributed by atoms with E-state index in [1.165, 1.54) is 42.5 Å². The molecular formula is C22H18N4O5S. The van der Waals surface area contributed by atoms with Gasteiger partial charge in [-0.3, -0.25) is 14.9 Å². The highest BCUT2D eigenvalue weighted by molar-refractivity contribution is 7.90. The molecule has 4 aromatic rings. The van der Waals surface area contributed by atoms with Gasteiger partial charge >= 0.3 is 0 Å². The van der Waals surface area contributed by atoms with Crippen LogP contribution in [0.4, 0.5) is 17.1 Å². The zero-order valence-corrected chi connectivity index (χ0v) is 17.6. The Morgan fingerprint density at radius 1 is 1.00 bits per heavy atom. The van der Waals surface area contributed by atoms with E-state index < -0.39 is 20.9 Å². The van der Waals surface area contributed by atoms with Gasteiger partial charge in [-0.1, -0.05) is 35.9 Å². The van der Waals surface area contributed by atoms with E-state index in [0.717, 1.165) is 11.3 Å². The van der Waals surface area contributed by atoms with Crippen molar-refractivity contribution in [3.05, 3.63) is 94.2 Å². The van der Waals surface area contributed by atoms with Crippen LogP contribution in [0.2, 0.25) is 0 Å². The van der Waals surface area contributed by atoms with Gasteiger partial charge in [0, 0.05) is 22.8 Å². The van der Waals surface area contributed by atoms with Crippen LogP contribution < -0.4 is 10.0 Å². The van der Waals surface area contributed by atoms with Crippen LogP contribution in [0.5, 0.6) is 0 Å². The van der Waals surface area contributed by atoms with Crippen LogP contribution in [-0.2, 0) is 10.0 Å². The van der Waals surface area contributed by atoms with Crippen molar-refractivity contribution in [2.75, 3.05) is 5.32 Å². The van der Waals surface area contributed by atoms with E-state index in [1.54, 1.807) is 6.07 Å². The van der Waals surface area contributed by atoms with Crippen molar-refractivity contribution in [1.29, 1.82) is 0 Å². The van der Waals surface area contributed by atoms with Crippen LogP contribution in [0.1, 0.15) is 16.1 Å². The molecule has 0 saturated carbocycles. The summed E-state index contributed by atoms with van der Waals surface area (Å²) in [5.74, 6) is -0.930. The number of rotatable bonds is 6. The molecule has 0 aliphatic carbocycles. The van der Waals surface area contributed by atoms with Gasteiger partial charge in [-0.25, -0.2) is 13.1 Å². The topological polar surface area (TPSA) is 134 Å². The van der Waals surface area contributed by atoms with Crippen LogP contribution in [0.25, 0.3) is 10.9 Å². The second-order valence-corrected chi connectivity index (χ2v) is 8.78. The highest BCUT2D eigenvalue weighted by Crippen LogP contribution is 2.33. The number of aromatic amines is 1. The second-order valence-electron chi connectivity index (χ2n) is 7.10. The number of carbonyl (C=O) groups excluding carboxylic acids is 1. The molecule has 0 spiro atoms. The first-order chi connectivity index (χ1) is 15.2. The van der Waals surface area contributed by atoms with Gasteiger partial charge in [0.2, 0.25) is 0 Å². The summed E-state index contributed by atoms with van der Waals surface area (Å²) in [6.45, 7) is 1.95. The predicted octanol–water partition coefficient (Wildman–Crippen LogP) is 4.25. The number of hydrogen-bond acceptors (Lipinski definition) is 6. The minimum atomic E-state index is -4.10. The molecule has 3 aromatic carbocycles. The average Bonchev–Trinajstić information content (AvgIpc) is 3.22. The Bertz CT molecular complexity index is 1430. The first-order valence-corrected chi connectivity index (χ1v) is 11.0. The minimum absolute atomic E-state index is 0.0721. The van der Waals surface area contributed by atoms with Crippen molar-refractivity contribution in [2.45, 2.75) is 11.8 Å². The number of aryl methyl sites for hydroxylation is 1. The Labute approximate surface area is 183 Å². The quantitative estimate of drug-likeness (QED) is 0.297. The van der Waals surface area contributed by atoms with Crippen LogP contribution in [0, 0.1) is 17.0 Å². The molecule has 0 unspecified atom stereocenters. The molecule has 32 heavy (non-hydrogen) atoms. The van der Waals surface area contributed by atoms with Crippen molar-refractivity contribution >= 4 is 43.9 Å². The van der Waals surface area contributed by atoms with E-state index >= 15 is 0 Å². The van der Waals surface area contributed by atoms with Crippen molar-refractivity contribution in [2.24, 2.45) is 0 Å². The summed E-state index contributed by atoms with van der Waals surface area (Å²) in [5.41, 5.74) is 2.10. The lowest BCUT2D eigenvalue weighted by Gasteiger charge is -2.08. The number of sulfonamides is 1. The second kappa shape index (κ2) is 8.16. The summed E-state index contributed by atoms with van der Waals surface area (Å²) in [5, 5.41) is 15.0. The molecule has 162 valence electrons. The molecule has 0 radical (unpaired) electrons. The van der Waals surface area contributed by atoms with E-state index in [-0.39, 0.29) is 21.8 Å². The largest absolute Gasteiger partial charge is 0.355 e. The smallest absolute Gasteiger partial charge is 0.293 e. The van der Waals surface area contributed by atoms with Crippen LogP contribution in [0.3, 0.4) is 0 Å². The number of carbonyl (C=O) groups is 1. The number of fused-ring (bicyclic) bond motifs is 1. The third kappa shape index (κ3) is 4.16. The highest BCUT2D eigenvalue weighted by atomic mass is 32.2. The molecule has 0 fully saturated rings. The molecule has 9 nitrogen and oxygen atoms in total. The van der Waals surface area contributed by atoms with Gasteiger partial charge < -0.3 is 10.3 Å². The van der Waals surface area contributed by atoms with E-state index in [0.29, 0.717) is 11.1 Å². The van der Waals surface area contributed by atoms with Crippen molar-refractivity contribution in [3.8, 4) is 0 Å². The number of aromatic nitrogens is 1. The predicted molar refractivity (Wildman–Crippen MR) is 121 cm³/mol. The summed E-state index contributed by atoms with van der Waals surface area (Å²) >= 11 is 0. The van der Waals surface area contributed by atoms with E-state index in [1.807, 2.05) is 35.9 Å². The van der Waals surface area contributed by atoms with E-state index in [9.17, 15) is 23.3 Å². The van der Waals surface area contributed by atoms with E-state index in [2.05, 4.69) is 10.3 Å². The summed E-state index contributed by atoms with van der Waals surface area (Å²) in [7, 11) is -4.10. The number of hydrogen-bond donors (Lipinski definition) is 3. The Kier molecular flexibility index (Phi) is 5.37. The van der Waals surface area contributed by atoms with Gasteiger partial charge in [-0.05, 0) is 43.3 Å². The lowest BCUT2D eigenvalue weighted by molar-refractivity contribution is -0.383. The van der Waals surface area contributed by atoms with Gasteiger partial charge in [-0.15, -0.1) is 0 Å². The fourth-order valence-electron chi connectivity index (χ4n) is 3.22. The normalized spacial score (nSPS) is 11.3. The fraction of sp³-hybridized carbons (Fsp3) is 0.0455. The number of H-pyrrole nitrogens is 1. The number of nitrogens with one attached hydrogen (secondary N) is 3. The maximum atomic E-state index is 12.7. The summed E-state index contributed by atoms with van der Waals surface area (Å²) < 4.78 is 26.9. The molecule has 4 rings (SSSR count). The lowest BCUT2D eigenvalue weighted by Crippen LogP contribution is -2.30. The molecule has 1 aromatic heterocycles. The zero-order chi connectivity index (χ0) is 22.9. The molecule has 3 N–H and O–H groups in total. The molecule has 1 amide bonds. The molecule has 0 atom stereocenters. The minimum Gasteiger partial charge on any atom is -0.355 e. The molecule has 0 aliphatic heterocycles. The Morgan fingerprint density at radius 2 is 1.69 bits per heavy atom. The average molecular weight is 450 g/mol. The van der Waals surface area contributed by atoms with Crippen LogP contribution in [-0.4, -0.2) is 24.2 Å². The Balaban J connectivity index is 1.72. The molecular weight excluding hydrogens is 432 g/mol. The summed E-state index contributed by atoms with van der Waals surface area (Å²) in [6.07, 6.45) is 0. The fourth-order valence-corrected chi connectivity index (χ4v) is 4.20. The van der Waals surface area contributed by atoms with Gasteiger partial charge in [0.15, 0.2) is 0 Å². The SMILES string of the molecule is Cc1ccc(Nc2ccc([N+](=O)[O-])c3[nH]c(C(=O)NS(=O)(=O)c4ccccc4)cc23)cc1. The number of nitro groups is 1. The third-order valence-electron chi connectivity index (χ3n) is 4.82. The number of benzene rings is 3. The number of non-ortho nitro benzene ring substituents is 1. The van der Waals surface area contributed by atoms with Crippen molar-refractivity contribution < 1.29 is 18.1 Å². The number of anilines is 2. The molecule has 0 aliphatic rings. The maximum Gasteiger partial charge on any atom is 0.293 e. The number of nitro benzene ring substituents is 1. The zero-order valence-electron chi connectivity index (χ0n) is 16.8. The standard InChI is InChI=1S/C22H18N4O5S/c1-14-7-9-15(10-8-14)23-18-11-12-20(26(28)29)21-17(18)13-19(24-21)22(27)25-32(30,31)16-5-3-2-4-6-16/h2-13,23-24H,1H3,(H,25,27). The first-order valence-electron chi connectivity index (χ1n) is 9.50. The van der Waals surface area contributed by atoms with Crippen molar-refractivity contribution in [3.63, 3.8) is 0 Å². The van der Waals surface area contributed by atoms with Crippen molar-refractivity contribution in [1.82, 2.24) is 9.71 Å². The molecule has 0 saturated heterocycles. The van der Waals surface area contributed by atoms with Crippen LogP contribution >= 0.6 is 0 Å².